The number of guanidine groups is 1. The van der Waals surface area contributed by atoms with E-state index in [0.29, 0.717) is 18.3 Å². The fraction of sp³-hybridized carbons (Fsp3) is 0.312. The summed E-state index contributed by atoms with van der Waals surface area (Å²) in [6, 6.07) is 9.02. The smallest absolute Gasteiger partial charge is 0.245 e. The van der Waals surface area contributed by atoms with Crippen molar-refractivity contribution in [3.05, 3.63) is 47.3 Å². The highest BCUT2D eigenvalue weighted by Crippen LogP contribution is 2.18. The standard InChI is InChI=1S/C16H19N5O2/c1-10(2)14-19-16-18-13(22)8-12(21(16)20-14)15(23)17-9-11-6-4-3-5-7-11/h3-7,12,20H,8-9H2,1-2H3,(H,17,23)(H,18,19,22)/t12-/m0/s1. The topological polar surface area (TPSA) is 85.8 Å². The summed E-state index contributed by atoms with van der Waals surface area (Å²) in [5, 5.41) is 7.17. The molecule has 0 bridgehead atoms. The molecular formula is C16H19N5O2. The number of benzene rings is 1. The number of nitrogens with zero attached hydrogens (tertiary/aromatic N) is 2. The lowest BCUT2D eigenvalue weighted by Crippen LogP contribution is -2.61. The first-order chi connectivity index (χ1) is 11.0. The van der Waals surface area contributed by atoms with E-state index in [1.807, 2.05) is 44.2 Å². The second-order valence-corrected chi connectivity index (χ2v) is 5.74. The molecule has 1 fully saturated rings. The van der Waals surface area contributed by atoms with Gasteiger partial charge in [0, 0.05) is 6.54 Å². The molecule has 0 aliphatic carbocycles. The summed E-state index contributed by atoms with van der Waals surface area (Å²) in [6.07, 6.45) is 0.0860. The predicted molar refractivity (Wildman–Crippen MR) is 85.6 cm³/mol. The summed E-state index contributed by atoms with van der Waals surface area (Å²) < 4.78 is 0. The minimum Gasteiger partial charge on any atom is -0.350 e. The zero-order valence-electron chi connectivity index (χ0n) is 13.1. The van der Waals surface area contributed by atoms with Crippen molar-refractivity contribution in [3.63, 3.8) is 0 Å². The van der Waals surface area contributed by atoms with E-state index in [9.17, 15) is 9.59 Å². The van der Waals surface area contributed by atoms with E-state index in [-0.39, 0.29) is 18.2 Å². The molecule has 0 spiro atoms. The molecular weight excluding hydrogens is 294 g/mol. The molecule has 2 aliphatic rings. The fourth-order valence-corrected chi connectivity index (χ4v) is 2.44. The van der Waals surface area contributed by atoms with Crippen LogP contribution in [0.1, 0.15) is 25.8 Å². The van der Waals surface area contributed by atoms with Gasteiger partial charge in [0.05, 0.1) is 6.42 Å². The lowest BCUT2D eigenvalue weighted by atomic mass is 10.1. The molecule has 1 atom stereocenters. The van der Waals surface area contributed by atoms with Gasteiger partial charge in [-0.15, -0.1) is 0 Å². The lowest BCUT2D eigenvalue weighted by Gasteiger charge is -2.32. The molecule has 1 saturated heterocycles. The van der Waals surface area contributed by atoms with E-state index in [2.05, 4.69) is 21.1 Å². The highest BCUT2D eigenvalue weighted by Gasteiger charge is 2.39. The van der Waals surface area contributed by atoms with Gasteiger partial charge in [-0.1, -0.05) is 30.3 Å². The first-order valence-electron chi connectivity index (χ1n) is 7.48. The number of amides is 2. The number of fused-ring (bicyclic) bond motifs is 1. The molecule has 23 heavy (non-hydrogen) atoms. The Labute approximate surface area is 134 Å². The second-order valence-electron chi connectivity index (χ2n) is 5.74. The van der Waals surface area contributed by atoms with Crippen LogP contribution in [0, 0.1) is 0 Å². The van der Waals surface area contributed by atoms with E-state index in [4.69, 9.17) is 0 Å². The number of aliphatic imine (C=N–C) groups is 1. The van der Waals surface area contributed by atoms with Gasteiger partial charge in [0.25, 0.3) is 0 Å². The van der Waals surface area contributed by atoms with Crippen molar-refractivity contribution in [3.8, 4) is 0 Å². The van der Waals surface area contributed by atoms with Crippen molar-refractivity contribution < 1.29 is 9.59 Å². The number of carbonyl (C=O) groups is 2. The molecule has 2 heterocycles. The maximum Gasteiger partial charge on any atom is 0.245 e. The molecule has 0 unspecified atom stereocenters. The van der Waals surface area contributed by atoms with Crippen LogP contribution in [0.2, 0.25) is 0 Å². The van der Waals surface area contributed by atoms with E-state index in [1.54, 1.807) is 5.01 Å². The Hall–Kier alpha value is -2.83. The molecule has 0 radical (unpaired) electrons. The van der Waals surface area contributed by atoms with Crippen LogP contribution >= 0.6 is 0 Å². The SMILES string of the molecule is CC(C)=C1N=C2NC(=O)C[C@@H](C(=O)NCc3ccccc3)N2N1. The van der Waals surface area contributed by atoms with Crippen LogP contribution < -0.4 is 16.1 Å². The number of allylic oxidation sites excluding steroid dienone is 1. The summed E-state index contributed by atoms with van der Waals surface area (Å²) in [5.74, 6) is 0.607. The van der Waals surface area contributed by atoms with Gasteiger partial charge >= 0.3 is 0 Å². The van der Waals surface area contributed by atoms with Gasteiger partial charge in [-0.25, -0.2) is 5.01 Å². The lowest BCUT2D eigenvalue weighted by molar-refractivity contribution is -0.132. The molecule has 7 nitrogen and oxygen atoms in total. The molecule has 1 aromatic rings. The number of hydrogen-bond acceptors (Lipinski definition) is 5. The summed E-state index contributed by atoms with van der Waals surface area (Å²) in [6.45, 7) is 4.25. The van der Waals surface area contributed by atoms with Crippen LogP contribution in [0.3, 0.4) is 0 Å². The van der Waals surface area contributed by atoms with Gasteiger partial charge in [-0.2, -0.15) is 4.99 Å². The molecule has 120 valence electrons. The minimum absolute atomic E-state index is 0.0860. The normalized spacial score (nSPS) is 19.5. The molecule has 0 saturated carbocycles. The fourth-order valence-electron chi connectivity index (χ4n) is 2.44. The maximum atomic E-state index is 12.5. The van der Waals surface area contributed by atoms with Crippen LogP contribution in [-0.2, 0) is 16.1 Å². The average molecular weight is 313 g/mol. The number of nitrogens with one attached hydrogen (secondary N) is 3. The first-order valence-corrected chi connectivity index (χ1v) is 7.48. The van der Waals surface area contributed by atoms with Crippen LogP contribution in [0.5, 0.6) is 0 Å². The summed E-state index contributed by atoms with van der Waals surface area (Å²) in [5.41, 5.74) is 5.06. The van der Waals surface area contributed by atoms with E-state index in [0.717, 1.165) is 11.1 Å². The van der Waals surface area contributed by atoms with Crippen molar-refractivity contribution in [2.45, 2.75) is 32.9 Å². The maximum absolute atomic E-state index is 12.5. The van der Waals surface area contributed by atoms with Gasteiger partial charge in [-0.05, 0) is 25.0 Å². The molecule has 0 aromatic heterocycles. The van der Waals surface area contributed by atoms with E-state index in [1.165, 1.54) is 0 Å². The van der Waals surface area contributed by atoms with Crippen molar-refractivity contribution >= 4 is 17.8 Å². The number of rotatable bonds is 3. The Morgan fingerprint density at radius 3 is 2.78 bits per heavy atom. The third kappa shape index (κ3) is 3.18. The quantitative estimate of drug-likeness (QED) is 0.763. The highest BCUT2D eigenvalue weighted by atomic mass is 16.2. The Kier molecular flexibility index (Phi) is 4.01. The molecule has 3 N–H and O–H groups in total. The van der Waals surface area contributed by atoms with Gasteiger partial charge < -0.3 is 5.32 Å². The van der Waals surface area contributed by atoms with Crippen molar-refractivity contribution in [1.29, 1.82) is 0 Å². The van der Waals surface area contributed by atoms with Gasteiger partial charge in [0.1, 0.15) is 11.9 Å². The number of hydrogen-bond donors (Lipinski definition) is 3. The highest BCUT2D eigenvalue weighted by molar-refractivity contribution is 6.05. The van der Waals surface area contributed by atoms with Crippen LogP contribution in [-0.4, -0.2) is 28.8 Å². The third-order valence-corrected chi connectivity index (χ3v) is 3.70. The van der Waals surface area contributed by atoms with Gasteiger partial charge in [0.2, 0.25) is 17.8 Å². The third-order valence-electron chi connectivity index (χ3n) is 3.70. The Morgan fingerprint density at radius 1 is 1.35 bits per heavy atom. The average Bonchev–Trinajstić information content (AvgIpc) is 2.97. The molecule has 2 aliphatic heterocycles. The van der Waals surface area contributed by atoms with E-state index >= 15 is 0 Å². The van der Waals surface area contributed by atoms with Gasteiger partial charge in [0.15, 0.2) is 0 Å². The summed E-state index contributed by atoms with van der Waals surface area (Å²) in [4.78, 5) is 28.6. The van der Waals surface area contributed by atoms with Gasteiger partial charge in [-0.3, -0.25) is 20.3 Å². The predicted octanol–water partition coefficient (Wildman–Crippen LogP) is 0.619. The molecule has 7 heteroatoms. The first kappa shape index (κ1) is 15.1. The zero-order valence-corrected chi connectivity index (χ0v) is 13.1. The van der Waals surface area contributed by atoms with Crippen molar-refractivity contribution in [2.75, 3.05) is 0 Å². The van der Waals surface area contributed by atoms with Crippen molar-refractivity contribution in [1.82, 2.24) is 21.1 Å². The summed E-state index contributed by atoms with van der Waals surface area (Å²) in [7, 11) is 0. The minimum atomic E-state index is -0.622. The number of carbonyl (C=O) groups excluding carboxylic acids is 2. The largest absolute Gasteiger partial charge is 0.350 e. The molecule has 2 amide bonds. The molecule has 3 rings (SSSR count). The molecule has 1 aromatic carbocycles. The Balaban J connectivity index is 1.71. The monoisotopic (exact) mass is 313 g/mol. The Morgan fingerprint density at radius 2 is 2.09 bits per heavy atom. The van der Waals surface area contributed by atoms with Crippen LogP contribution in [0.4, 0.5) is 0 Å². The second kappa shape index (κ2) is 6.12. The van der Waals surface area contributed by atoms with Crippen LogP contribution in [0.25, 0.3) is 0 Å². The van der Waals surface area contributed by atoms with E-state index < -0.39 is 6.04 Å². The Bertz CT molecular complexity index is 692. The van der Waals surface area contributed by atoms with Crippen LogP contribution in [0.15, 0.2) is 46.7 Å². The summed E-state index contributed by atoms with van der Waals surface area (Å²) >= 11 is 0. The van der Waals surface area contributed by atoms with Crippen molar-refractivity contribution in [2.24, 2.45) is 4.99 Å². The zero-order chi connectivity index (χ0) is 16.4. The number of hydrazine groups is 1.